The second-order valence-electron chi connectivity index (χ2n) is 4.76. The smallest absolute Gasteiger partial charge is 0.138 e. The number of aromatic amines is 1. The minimum Gasteiger partial charge on any atom is -0.390 e. The van der Waals surface area contributed by atoms with E-state index in [0.29, 0.717) is 6.61 Å². The normalized spacial score (nSPS) is 20.1. The molecule has 0 bridgehead atoms. The maximum absolute atomic E-state index is 9.11. The van der Waals surface area contributed by atoms with Gasteiger partial charge in [0.25, 0.3) is 0 Å². The lowest BCUT2D eigenvalue weighted by Gasteiger charge is -2.30. The number of H-pyrrole nitrogens is 1. The maximum atomic E-state index is 9.11. The zero-order chi connectivity index (χ0) is 12.1. The number of imidazole rings is 1. The predicted octanol–water partition coefficient (Wildman–Crippen LogP) is 2.49. The number of ether oxygens (including phenoxy) is 1. The molecule has 1 aliphatic carbocycles. The summed E-state index contributed by atoms with van der Waals surface area (Å²) in [4.78, 5) is 7.60. The van der Waals surface area contributed by atoms with Gasteiger partial charge in [0.15, 0.2) is 0 Å². The Kier molecular flexibility index (Phi) is 4.18. The van der Waals surface area contributed by atoms with Gasteiger partial charge >= 0.3 is 0 Å². The first-order valence-electron chi connectivity index (χ1n) is 6.60. The summed E-state index contributed by atoms with van der Waals surface area (Å²) in [5, 5.41) is 9.11. The van der Waals surface area contributed by atoms with Crippen LogP contribution >= 0.6 is 0 Å². The first-order chi connectivity index (χ1) is 8.30. The Balaban J connectivity index is 2.24. The average molecular weight is 238 g/mol. The molecule has 4 nitrogen and oxygen atoms in total. The number of nitrogens with zero attached hydrogens (tertiary/aromatic N) is 1. The number of aliphatic hydroxyl groups excluding tert-OH is 1. The molecule has 1 heterocycles. The maximum Gasteiger partial charge on any atom is 0.138 e. The zero-order valence-corrected chi connectivity index (χ0v) is 10.5. The average Bonchev–Trinajstić information content (AvgIpc) is 2.71. The van der Waals surface area contributed by atoms with E-state index in [2.05, 4.69) is 9.97 Å². The summed E-state index contributed by atoms with van der Waals surface area (Å²) in [6.45, 7) is 2.74. The molecule has 1 aliphatic rings. The molecule has 0 aliphatic heterocycles. The fourth-order valence-corrected chi connectivity index (χ4v) is 2.70. The lowest BCUT2D eigenvalue weighted by atomic mass is 9.93. The topological polar surface area (TPSA) is 58.1 Å². The molecule has 1 aromatic heterocycles. The van der Waals surface area contributed by atoms with Gasteiger partial charge in [0.1, 0.15) is 11.4 Å². The van der Waals surface area contributed by atoms with E-state index < -0.39 is 0 Å². The zero-order valence-electron chi connectivity index (χ0n) is 10.5. The summed E-state index contributed by atoms with van der Waals surface area (Å²) in [6, 6.07) is 0. The van der Waals surface area contributed by atoms with Crippen molar-refractivity contribution in [3.63, 3.8) is 0 Å². The fourth-order valence-electron chi connectivity index (χ4n) is 2.70. The van der Waals surface area contributed by atoms with Gasteiger partial charge < -0.3 is 14.8 Å². The molecule has 96 valence electrons. The monoisotopic (exact) mass is 238 g/mol. The second-order valence-corrected chi connectivity index (χ2v) is 4.76. The molecule has 0 unspecified atom stereocenters. The van der Waals surface area contributed by atoms with E-state index in [1.54, 1.807) is 6.20 Å². The van der Waals surface area contributed by atoms with E-state index in [9.17, 15) is 0 Å². The van der Waals surface area contributed by atoms with E-state index in [1.807, 2.05) is 6.92 Å². The minimum atomic E-state index is -0.251. The number of rotatable bonds is 4. The molecule has 0 aromatic carbocycles. The van der Waals surface area contributed by atoms with Crippen LogP contribution in [0.1, 0.15) is 57.0 Å². The van der Waals surface area contributed by atoms with E-state index in [0.717, 1.165) is 24.4 Å². The lowest BCUT2D eigenvalue weighted by molar-refractivity contribution is -0.0619. The SMILES string of the molecule is CCOC1(c2ncc(CO)[nH]2)CCCCCC1. The van der Waals surface area contributed by atoms with E-state index >= 15 is 0 Å². The molecule has 1 saturated carbocycles. The van der Waals surface area contributed by atoms with Gasteiger partial charge in [-0.3, -0.25) is 0 Å². The molecule has 0 saturated heterocycles. The molecule has 4 heteroatoms. The number of nitrogens with one attached hydrogen (secondary N) is 1. The summed E-state index contributed by atoms with van der Waals surface area (Å²) < 4.78 is 6.02. The largest absolute Gasteiger partial charge is 0.390 e. The molecular formula is C13H22N2O2. The molecule has 0 atom stereocenters. The van der Waals surface area contributed by atoms with Crippen LogP contribution in [0.5, 0.6) is 0 Å². The van der Waals surface area contributed by atoms with Crippen LogP contribution in [0.15, 0.2) is 6.20 Å². The van der Waals surface area contributed by atoms with E-state index in [-0.39, 0.29) is 12.2 Å². The summed E-state index contributed by atoms with van der Waals surface area (Å²) in [6.07, 6.45) is 8.70. The van der Waals surface area contributed by atoms with Gasteiger partial charge in [-0.05, 0) is 19.8 Å². The van der Waals surface area contributed by atoms with Gasteiger partial charge in [0.2, 0.25) is 0 Å². The fraction of sp³-hybridized carbons (Fsp3) is 0.769. The molecule has 17 heavy (non-hydrogen) atoms. The van der Waals surface area contributed by atoms with Crippen LogP contribution < -0.4 is 0 Å². The molecule has 0 radical (unpaired) electrons. The van der Waals surface area contributed by atoms with Gasteiger partial charge in [-0.1, -0.05) is 25.7 Å². The van der Waals surface area contributed by atoms with Gasteiger partial charge in [0.05, 0.1) is 18.5 Å². The Morgan fingerprint density at radius 3 is 2.59 bits per heavy atom. The molecule has 0 amide bonds. The molecule has 0 spiro atoms. The highest BCUT2D eigenvalue weighted by atomic mass is 16.5. The van der Waals surface area contributed by atoms with E-state index in [4.69, 9.17) is 9.84 Å². The first kappa shape index (κ1) is 12.6. The quantitative estimate of drug-likeness (QED) is 0.792. The molecule has 1 fully saturated rings. The summed E-state index contributed by atoms with van der Waals surface area (Å²) >= 11 is 0. The third-order valence-corrected chi connectivity index (χ3v) is 3.56. The van der Waals surface area contributed by atoms with Crippen molar-refractivity contribution in [3.8, 4) is 0 Å². The van der Waals surface area contributed by atoms with Gasteiger partial charge in [0, 0.05) is 6.61 Å². The molecule has 2 rings (SSSR count). The second kappa shape index (κ2) is 5.65. The Morgan fingerprint density at radius 1 is 1.35 bits per heavy atom. The van der Waals surface area contributed by atoms with Crippen LogP contribution in [0.4, 0.5) is 0 Å². The third kappa shape index (κ3) is 2.69. The van der Waals surface area contributed by atoms with Crippen LogP contribution in [0.25, 0.3) is 0 Å². The van der Waals surface area contributed by atoms with Crippen molar-refractivity contribution < 1.29 is 9.84 Å². The van der Waals surface area contributed by atoms with Crippen molar-refractivity contribution in [1.29, 1.82) is 0 Å². The number of aliphatic hydroxyl groups is 1. The Bertz CT molecular complexity index is 341. The highest BCUT2D eigenvalue weighted by Crippen LogP contribution is 2.37. The standard InChI is InChI=1S/C13H22N2O2/c1-2-17-13(7-5-3-4-6-8-13)12-14-9-11(10-16)15-12/h9,16H,2-8,10H2,1H3,(H,14,15). The molecule has 1 aromatic rings. The highest BCUT2D eigenvalue weighted by molar-refractivity contribution is 5.09. The van der Waals surface area contributed by atoms with Crippen LogP contribution in [0.3, 0.4) is 0 Å². The first-order valence-corrected chi connectivity index (χ1v) is 6.60. The van der Waals surface area contributed by atoms with Crippen molar-refractivity contribution in [3.05, 3.63) is 17.7 Å². The summed E-state index contributed by atoms with van der Waals surface area (Å²) in [7, 11) is 0. The van der Waals surface area contributed by atoms with E-state index in [1.165, 1.54) is 25.7 Å². The van der Waals surface area contributed by atoms with Crippen molar-refractivity contribution in [2.24, 2.45) is 0 Å². The Labute approximate surface area is 102 Å². The minimum absolute atomic E-state index is 0.00913. The van der Waals surface area contributed by atoms with Gasteiger partial charge in [-0.25, -0.2) is 4.98 Å². The van der Waals surface area contributed by atoms with Gasteiger partial charge in [-0.2, -0.15) is 0 Å². The van der Waals surface area contributed by atoms with Crippen LogP contribution in [0.2, 0.25) is 0 Å². The van der Waals surface area contributed by atoms with Gasteiger partial charge in [-0.15, -0.1) is 0 Å². The van der Waals surface area contributed by atoms with Crippen LogP contribution in [-0.2, 0) is 16.9 Å². The highest BCUT2D eigenvalue weighted by Gasteiger charge is 2.36. The Hall–Kier alpha value is -0.870. The van der Waals surface area contributed by atoms with Crippen LogP contribution in [-0.4, -0.2) is 21.7 Å². The number of hydrogen-bond acceptors (Lipinski definition) is 3. The van der Waals surface area contributed by atoms with Crippen molar-refractivity contribution in [2.75, 3.05) is 6.61 Å². The van der Waals surface area contributed by atoms with Crippen molar-refractivity contribution in [2.45, 2.75) is 57.7 Å². The van der Waals surface area contributed by atoms with Crippen molar-refractivity contribution >= 4 is 0 Å². The number of aromatic nitrogens is 2. The molecule has 2 N–H and O–H groups in total. The third-order valence-electron chi connectivity index (χ3n) is 3.56. The molecular weight excluding hydrogens is 216 g/mol. The lowest BCUT2D eigenvalue weighted by Crippen LogP contribution is -2.30. The number of hydrogen-bond donors (Lipinski definition) is 2. The van der Waals surface area contributed by atoms with Crippen molar-refractivity contribution in [1.82, 2.24) is 9.97 Å². The Morgan fingerprint density at radius 2 is 2.06 bits per heavy atom. The predicted molar refractivity (Wildman–Crippen MR) is 65.5 cm³/mol. The summed E-state index contributed by atoms with van der Waals surface area (Å²) in [5.74, 6) is 0.894. The summed E-state index contributed by atoms with van der Waals surface area (Å²) in [5.41, 5.74) is 0.516. The van der Waals surface area contributed by atoms with Crippen LogP contribution in [0, 0.1) is 0 Å².